The molecular formula is C20H19NO4S. The summed E-state index contributed by atoms with van der Waals surface area (Å²) in [5, 5.41) is 0.865. The SMILES string of the molecule is CCOC(=O)[C@@H]1C[C@H]1c1cn(S(=O)(=O)c2ccccc2)c2ccccc12. The number of hydrogen-bond donors (Lipinski definition) is 0. The van der Waals surface area contributed by atoms with Crippen LogP contribution in [0.5, 0.6) is 0 Å². The van der Waals surface area contributed by atoms with Crippen molar-refractivity contribution in [2.45, 2.75) is 24.2 Å². The minimum absolute atomic E-state index is 0.00572. The normalized spacial score (nSPS) is 19.4. The first-order valence-electron chi connectivity index (χ1n) is 8.61. The zero-order valence-corrected chi connectivity index (χ0v) is 15.1. The van der Waals surface area contributed by atoms with E-state index in [2.05, 4.69) is 0 Å². The molecule has 0 amide bonds. The summed E-state index contributed by atoms with van der Waals surface area (Å²) >= 11 is 0. The van der Waals surface area contributed by atoms with Gasteiger partial charge < -0.3 is 4.74 Å². The first kappa shape index (κ1) is 16.8. The number of para-hydroxylation sites is 1. The van der Waals surface area contributed by atoms with Gasteiger partial charge in [0.2, 0.25) is 0 Å². The van der Waals surface area contributed by atoms with Gasteiger partial charge in [-0.2, -0.15) is 0 Å². The van der Waals surface area contributed by atoms with Crippen LogP contribution in [0, 0.1) is 5.92 Å². The first-order valence-corrected chi connectivity index (χ1v) is 10.0. The predicted octanol–water partition coefficient (Wildman–Crippen LogP) is 3.54. The number of aromatic nitrogens is 1. The molecule has 1 aliphatic carbocycles. The number of ether oxygens (including phenoxy) is 1. The summed E-state index contributed by atoms with van der Waals surface area (Å²) < 4.78 is 32.6. The molecule has 5 nitrogen and oxygen atoms in total. The van der Waals surface area contributed by atoms with Gasteiger partial charge in [0.25, 0.3) is 10.0 Å². The second-order valence-corrected chi connectivity index (χ2v) is 8.23. The second kappa shape index (κ2) is 6.29. The molecule has 0 aliphatic heterocycles. The molecule has 2 atom stereocenters. The van der Waals surface area contributed by atoms with Crippen molar-refractivity contribution < 1.29 is 17.9 Å². The van der Waals surface area contributed by atoms with Crippen molar-refractivity contribution in [3.05, 3.63) is 66.4 Å². The highest BCUT2D eigenvalue weighted by Crippen LogP contribution is 2.50. The van der Waals surface area contributed by atoms with Gasteiger partial charge in [-0.05, 0) is 37.1 Å². The van der Waals surface area contributed by atoms with Crippen molar-refractivity contribution >= 4 is 26.9 Å². The summed E-state index contributed by atoms with van der Waals surface area (Å²) in [5.41, 5.74) is 1.51. The highest BCUT2D eigenvalue weighted by atomic mass is 32.2. The van der Waals surface area contributed by atoms with E-state index in [1.807, 2.05) is 18.2 Å². The van der Waals surface area contributed by atoms with Gasteiger partial charge >= 0.3 is 5.97 Å². The van der Waals surface area contributed by atoms with Crippen LogP contribution in [0.2, 0.25) is 0 Å². The van der Waals surface area contributed by atoms with E-state index in [1.165, 1.54) is 3.97 Å². The molecule has 1 fully saturated rings. The minimum Gasteiger partial charge on any atom is -0.466 e. The molecule has 134 valence electrons. The van der Waals surface area contributed by atoms with Gasteiger partial charge in [-0.3, -0.25) is 4.79 Å². The molecule has 2 aromatic carbocycles. The van der Waals surface area contributed by atoms with Gasteiger partial charge in [0.15, 0.2) is 0 Å². The molecule has 6 heteroatoms. The van der Waals surface area contributed by atoms with Crippen LogP contribution in [-0.2, 0) is 19.6 Å². The fourth-order valence-electron chi connectivity index (χ4n) is 3.42. The molecule has 1 aliphatic rings. The summed E-state index contributed by atoms with van der Waals surface area (Å²) in [7, 11) is -3.70. The van der Waals surface area contributed by atoms with E-state index in [4.69, 9.17) is 4.74 Å². The molecule has 0 unspecified atom stereocenters. The van der Waals surface area contributed by atoms with Crippen LogP contribution in [0.25, 0.3) is 10.9 Å². The number of carbonyl (C=O) groups is 1. The third-order valence-electron chi connectivity index (χ3n) is 4.79. The summed E-state index contributed by atoms with van der Waals surface area (Å²) in [5.74, 6) is -0.389. The quantitative estimate of drug-likeness (QED) is 0.645. The largest absolute Gasteiger partial charge is 0.466 e. The molecule has 1 aromatic heterocycles. The maximum atomic E-state index is 13.1. The molecule has 0 bridgehead atoms. The van der Waals surface area contributed by atoms with Gasteiger partial charge in [-0.1, -0.05) is 36.4 Å². The molecule has 0 N–H and O–H groups in total. The number of carbonyl (C=O) groups excluding carboxylic acids is 1. The van der Waals surface area contributed by atoms with Crippen molar-refractivity contribution in [2.75, 3.05) is 6.61 Å². The van der Waals surface area contributed by atoms with E-state index in [0.717, 1.165) is 10.9 Å². The monoisotopic (exact) mass is 369 g/mol. The summed E-state index contributed by atoms with van der Waals surface area (Å²) in [6.45, 7) is 2.14. The number of hydrogen-bond acceptors (Lipinski definition) is 4. The number of esters is 1. The molecule has 3 aromatic rings. The van der Waals surface area contributed by atoms with Gasteiger partial charge in [0.1, 0.15) is 0 Å². The van der Waals surface area contributed by atoms with Crippen molar-refractivity contribution in [1.29, 1.82) is 0 Å². The Bertz CT molecular complexity index is 1070. The number of rotatable bonds is 5. The van der Waals surface area contributed by atoms with Crippen LogP contribution in [0.3, 0.4) is 0 Å². The molecular weight excluding hydrogens is 350 g/mol. The molecule has 4 rings (SSSR count). The molecule has 0 saturated heterocycles. The van der Waals surface area contributed by atoms with E-state index in [0.29, 0.717) is 18.5 Å². The molecule has 1 saturated carbocycles. The van der Waals surface area contributed by atoms with Crippen LogP contribution >= 0.6 is 0 Å². The smallest absolute Gasteiger partial charge is 0.309 e. The Morgan fingerprint density at radius 1 is 1.12 bits per heavy atom. The fraction of sp³-hybridized carbons (Fsp3) is 0.250. The zero-order chi connectivity index (χ0) is 18.3. The highest BCUT2D eigenvalue weighted by Gasteiger charge is 2.46. The van der Waals surface area contributed by atoms with Gasteiger partial charge in [-0.25, -0.2) is 12.4 Å². The van der Waals surface area contributed by atoms with E-state index >= 15 is 0 Å². The Morgan fingerprint density at radius 3 is 2.54 bits per heavy atom. The van der Waals surface area contributed by atoms with Gasteiger partial charge in [0, 0.05) is 17.5 Å². The van der Waals surface area contributed by atoms with Crippen molar-refractivity contribution in [3.8, 4) is 0 Å². The Kier molecular flexibility index (Phi) is 4.07. The second-order valence-electron chi connectivity index (χ2n) is 6.42. The average molecular weight is 369 g/mol. The topological polar surface area (TPSA) is 65.4 Å². The maximum Gasteiger partial charge on any atom is 0.309 e. The number of benzene rings is 2. The van der Waals surface area contributed by atoms with E-state index in [1.54, 1.807) is 49.5 Å². The van der Waals surface area contributed by atoms with Crippen LogP contribution in [0.15, 0.2) is 65.7 Å². The van der Waals surface area contributed by atoms with Crippen molar-refractivity contribution in [1.82, 2.24) is 3.97 Å². The van der Waals surface area contributed by atoms with Gasteiger partial charge in [0.05, 0.1) is 22.9 Å². The third-order valence-corrected chi connectivity index (χ3v) is 6.48. The van der Waals surface area contributed by atoms with Crippen LogP contribution in [-0.4, -0.2) is 25.0 Å². The van der Waals surface area contributed by atoms with E-state index in [9.17, 15) is 13.2 Å². The Labute approximate surface area is 152 Å². The van der Waals surface area contributed by atoms with Crippen LogP contribution in [0.1, 0.15) is 24.8 Å². The highest BCUT2D eigenvalue weighted by molar-refractivity contribution is 7.90. The zero-order valence-electron chi connectivity index (χ0n) is 14.3. The van der Waals surface area contributed by atoms with Crippen molar-refractivity contribution in [3.63, 3.8) is 0 Å². The molecule has 26 heavy (non-hydrogen) atoms. The summed E-state index contributed by atoms with van der Waals surface area (Å²) in [6.07, 6.45) is 2.36. The Balaban J connectivity index is 1.80. The summed E-state index contributed by atoms with van der Waals surface area (Å²) in [6, 6.07) is 15.8. The fourth-order valence-corrected chi connectivity index (χ4v) is 4.82. The molecule has 0 spiro atoms. The van der Waals surface area contributed by atoms with Crippen LogP contribution in [0.4, 0.5) is 0 Å². The molecule has 0 radical (unpaired) electrons. The lowest BCUT2D eigenvalue weighted by Gasteiger charge is -2.07. The predicted molar refractivity (Wildman–Crippen MR) is 98.4 cm³/mol. The number of nitrogens with zero attached hydrogens (tertiary/aromatic N) is 1. The van der Waals surface area contributed by atoms with Crippen LogP contribution < -0.4 is 0 Å². The molecule has 1 heterocycles. The van der Waals surface area contributed by atoms with E-state index < -0.39 is 10.0 Å². The number of fused-ring (bicyclic) bond motifs is 1. The van der Waals surface area contributed by atoms with Crippen molar-refractivity contribution in [2.24, 2.45) is 5.92 Å². The Hall–Kier alpha value is -2.60. The average Bonchev–Trinajstić information content (AvgIpc) is 3.36. The lowest BCUT2D eigenvalue weighted by Crippen LogP contribution is -2.11. The van der Waals surface area contributed by atoms with E-state index in [-0.39, 0.29) is 22.7 Å². The first-order chi connectivity index (χ1) is 12.5. The lowest BCUT2D eigenvalue weighted by molar-refractivity contribution is -0.144. The maximum absolute atomic E-state index is 13.1. The standard InChI is InChI=1S/C20H19NO4S/c1-2-25-20(22)17-12-16(17)18-13-21(19-11-7-6-10-15(18)19)26(23,24)14-8-4-3-5-9-14/h3-11,13,16-17H,2,12H2,1H3/t16-,17-/m1/s1. The lowest BCUT2D eigenvalue weighted by atomic mass is 10.1. The summed E-state index contributed by atoms with van der Waals surface area (Å²) in [4.78, 5) is 12.2. The van der Waals surface area contributed by atoms with Gasteiger partial charge in [-0.15, -0.1) is 0 Å². The third kappa shape index (κ3) is 2.70. The minimum atomic E-state index is -3.70. The Morgan fingerprint density at radius 2 is 1.81 bits per heavy atom.